The Morgan fingerprint density at radius 1 is 1.06 bits per heavy atom. The lowest BCUT2D eigenvalue weighted by atomic mass is 10.2. The molecule has 0 atom stereocenters. The number of halogens is 3. The molecule has 0 N–H and O–H groups in total. The monoisotopic (exact) mass is 372 g/mol. The van der Waals surface area contributed by atoms with Gasteiger partial charge in [-0.3, -0.25) is 0 Å². The fourth-order valence-electron chi connectivity index (χ4n) is 1.51. The van der Waals surface area contributed by atoms with Crippen LogP contribution in [0.5, 0.6) is 5.75 Å². The van der Waals surface area contributed by atoms with Crippen molar-refractivity contribution in [3.05, 3.63) is 62.3 Å². The average molecular weight is 374 g/mol. The van der Waals surface area contributed by atoms with E-state index in [0.29, 0.717) is 11.1 Å². The van der Waals surface area contributed by atoms with E-state index in [-0.39, 0.29) is 5.82 Å². The number of hydrogen-bond acceptors (Lipinski definition) is 1. The number of ether oxygens (including phenoxy) is 1. The van der Waals surface area contributed by atoms with Gasteiger partial charge in [-0.25, -0.2) is 4.39 Å². The smallest absolute Gasteiger partial charge is 0.137 e. The first-order valence-electron chi connectivity index (χ1n) is 5.39. The fourth-order valence-corrected chi connectivity index (χ4v) is 2.55. The molecule has 0 aliphatic heterocycles. The van der Waals surface area contributed by atoms with Gasteiger partial charge in [0, 0.05) is 0 Å². The summed E-state index contributed by atoms with van der Waals surface area (Å²) in [6.45, 7) is 2.42. The van der Waals surface area contributed by atoms with Gasteiger partial charge in [-0.1, -0.05) is 12.1 Å². The van der Waals surface area contributed by atoms with Gasteiger partial charge in [-0.2, -0.15) is 0 Å². The molecule has 0 radical (unpaired) electrons. The first kappa shape index (κ1) is 13.6. The Balaban J connectivity index is 2.09. The van der Waals surface area contributed by atoms with Crippen molar-refractivity contribution in [2.75, 3.05) is 0 Å². The van der Waals surface area contributed by atoms with Crippen LogP contribution in [0.3, 0.4) is 0 Å². The van der Waals surface area contributed by atoms with E-state index in [0.717, 1.165) is 15.8 Å². The minimum Gasteiger partial charge on any atom is -0.488 e. The molecule has 0 aromatic heterocycles. The Labute approximate surface area is 122 Å². The van der Waals surface area contributed by atoms with Crippen molar-refractivity contribution in [2.24, 2.45) is 0 Å². The summed E-state index contributed by atoms with van der Waals surface area (Å²) in [5.74, 6) is 0.510. The topological polar surface area (TPSA) is 9.23 Å². The van der Waals surface area contributed by atoms with Gasteiger partial charge >= 0.3 is 0 Å². The maximum Gasteiger partial charge on any atom is 0.137 e. The number of benzene rings is 2. The van der Waals surface area contributed by atoms with Crippen LogP contribution in [0.2, 0.25) is 0 Å². The normalized spacial score (nSPS) is 10.4. The first-order valence-corrected chi connectivity index (χ1v) is 6.98. The molecule has 0 amide bonds. The van der Waals surface area contributed by atoms with Crippen LogP contribution in [-0.2, 0) is 6.61 Å². The van der Waals surface area contributed by atoms with Crippen molar-refractivity contribution >= 4 is 31.9 Å². The van der Waals surface area contributed by atoms with E-state index in [1.165, 1.54) is 11.6 Å². The van der Waals surface area contributed by atoms with E-state index in [4.69, 9.17) is 4.74 Å². The predicted octanol–water partition coefficient (Wildman–Crippen LogP) is 5.24. The Morgan fingerprint density at radius 2 is 1.83 bits per heavy atom. The number of aryl methyl sites for hydroxylation is 1. The maximum atomic E-state index is 13.1. The highest BCUT2D eigenvalue weighted by Gasteiger charge is 2.04. The van der Waals surface area contributed by atoms with Crippen molar-refractivity contribution in [3.63, 3.8) is 0 Å². The van der Waals surface area contributed by atoms with E-state index < -0.39 is 0 Å². The lowest BCUT2D eigenvalue weighted by molar-refractivity contribution is 0.304. The van der Waals surface area contributed by atoms with Crippen LogP contribution in [0.4, 0.5) is 4.39 Å². The van der Waals surface area contributed by atoms with Gasteiger partial charge in [-0.15, -0.1) is 0 Å². The van der Waals surface area contributed by atoms with E-state index in [1.807, 2.05) is 25.1 Å². The van der Waals surface area contributed by atoms with Crippen LogP contribution < -0.4 is 4.74 Å². The largest absolute Gasteiger partial charge is 0.488 e. The second-order valence-corrected chi connectivity index (χ2v) is 5.68. The summed E-state index contributed by atoms with van der Waals surface area (Å²) in [5, 5.41) is 0. The third-order valence-corrected chi connectivity index (χ3v) is 3.69. The molecule has 0 bridgehead atoms. The standard InChI is InChI=1S/C14H11Br2FO/c1-9-2-5-14(12(16)6-9)18-8-10-3-4-13(17)11(15)7-10/h2-7H,8H2,1H3. The Bertz CT molecular complexity index is 570. The molecule has 0 aliphatic rings. The summed E-state index contributed by atoms with van der Waals surface area (Å²) < 4.78 is 20.1. The Kier molecular flexibility index (Phi) is 4.40. The van der Waals surface area contributed by atoms with Crippen molar-refractivity contribution in [1.82, 2.24) is 0 Å². The predicted molar refractivity (Wildman–Crippen MR) is 77.3 cm³/mol. The molecule has 0 heterocycles. The van der Waals surface area contributed by atoms with Crippen LogP contribution in [0.1, 0.15) is 11.1 Å². The van der Waals surface area contributed by atoms with E-state index in [2.05, 4.69) is 31.9 Å². The highest BCUT2D eigenvalue weighted by atomic mass is 79.9. The van der Waals surface area contributed by atoms with Gasteiger partial charge in [0.05, 0.1) is 8.95 Å². The van der Waals surface area contributed by atoms with Crippen molar-refractivity contribution < 1.29 is 9.13 Å². The third-order valence-electron chi connectivity index (χ3n) is 2.47. The molecule has 2 aromatic carbocycles. The minimum atomic E-state index is -0.268. The molecule has 2 aromatic rings. The van der Waals surface area contributed by atoms with Gasteiger partial charge in [0.1, 0.15) is 18.2 Å². The zero-order valence-corrected chi connectivity index (χ0v) is 12.9. The second-order valence-electron chi connectivity index (χ2n) is 3.97. The summed E-state index contributed by atoms with van der Waals surface area (Å²) in [6.07, 6.45) is 0. The van der Waals surface area contributed by atoms with Gasteiger partial charge in [0.2, 0.25) is 0 Å². The maximum absolute atomic E-state index is 13.1. The molecule has 18 heavy (non-hydrogen) atoms. The minimum absolute atomic E-state index is 0.268. The van der Waals surface area contributed by atoms with Crippen molar-refractivity contribution in [2.45, 2.75) is 13.5 Å². The van der Waals surface area contributed by atoms with Crippen LogP contribution in [0.25, 0.3) is 0 Å². The summed E-state index contributed by atoms with van der Waals surface area (Å²) in [4.78, 5) is 0. The van der Waals surface area contributed by atoms with Crippen LogP contribution >= 0.6 is 31.9 Å². The molecule has 0 saturated heterocycles. The van der Waals surface area contributed by atoms with Gasteiger partial charge in [-0.05, 0) is 74.2 Å². The zero-order valence-electron chi connectivity index (χ0n) is 9.71. The molecule has 0 unspecified atom stereocenters. The first-order chi connectivity index (χ1) is 8.56. The molecule has 2 rings (SSSR count). The molecular formula is C14H11Br2FO. The van der Waals surface area contributed by atoms with Crippen LogP contribution in [-0.4, -0.2) is 0 Å². The summed E-state index contributed by atoms with van der Waals surface area (Å²) in [7, 11) is 0. The highest BCUT2D eigenvalue weighted by Crippen LogP contribution is 2.27. The molecule has 0 spiro atoms. The van der Waals surface area contributed by atoms with Gasteiger partial charge in [0.25, 0.3) is 0 Å². The average Bonchev–Trinajstić information content (AvgIpc) is 2.32. The second kappa shape index (κ2) is 5.85. The quantitative estimate of drug-likeness (QED) is 0.714. The third kappa shape index (κ3) is 3.33. The molecule has 94 valence electrons. The SMILES string of the molecule is Cc1ccc(OCc2ccc(F)c(Br)c2)c(Br)c1. The van der Waals surface area contributed by atoms with E-state index >= 15 is 0 Å². The van der Waals surface area contributed by atoms with Crippen LogP contribution in [0.15, 0.2) is 45.3 Å². The van der Waals surface area contributed by atoms with Crippen molar-refractivity contribution in [1.29, 1.82) is 0 Å². The van der Waals surface area contributed by atoms with Crippen molar-refractivity contribution in [3.8, 4) is 5.75 Å². The fraction of sp³-hybridized carbons (Fsp3) is 0.143. The lowest BCUT2D eigenvalue weighted by Crippen LogP contribution is -1.96. The van der Waals surface area contributed by atoms with Crippen LogP contribution in [0, 0.1) is 12.7 Å². The van der Waals surface area contributed by atoms with E-state index in [1.54, 1.807) is 12.1 Å². The Morgan fingerprint density at radius 3 is 2.50 bits per heavy atom. The molecule has 4 heteroatoms. The molecule has 0 aliphatic carbocycles. The number of hydrogen-bond donors (Lipinski definition) is 0. The Hall–Kier alpha value is -0.870. The highest BCUT2D eigenvalue weighted by molar-refractivity contribution is 9.10. The summed E-state index contributed by atoms with van der Waals surface area (Å²) in [6, 6.07) is 10.8. The van der Waals surface area contributed by atoms with Gasteiger partial charge in [0.15, 0.2) is 0 Å². The van der Waals surface area contributed by atoms with E-state index in [9.17, 15) is 4.39 Å². The summed E-state index contributed by atoms with van der Waals surface area (Å²) in [5.41, 5.74) is 2.08. The molecular weight excluding hydrogens is 363 g/mol. The van der Waals surface area contributed by atoms with Gasteiger partial charge < -0.3 is 4.74 Å². The molecule has 0 saturated carbocycles. The number of rotatable bonds is 3. The summed E-state index contributed by atoms with van der Waals surface area (Å²) >= 11 is 6.61. The lowest BCUT2D eigenvalue weighted by Gasteiger charge is -2.09. The molecule has 1 nitrogen and oxygen atoms in total. The zero-order chi connectivity index (χ0) is 13.1. The molecule has 0 fully saturated rings.